The highest BCUT2D eigenvalue weighted by molar-refractivity contribution is 6.76. The molecule has 0 saturated carbocycles. The van der Waals surface area contributed by atoms with Crippen molar-refractivity contribution in [1.82, 2.24) is 14.8 Å². The van der Waals surface area contributed by atoms with E-state index in [0.29, 0.717) is 6.61 Å². The van der Waals surface area contributed by atoms with E-state index in [1.807, 2.05) is 0 Å². The summed E-state index contributed by atoms with van der Waals surface area (Å²) >= 11 is 0. The number of aromatic hydroxyl groups is 1. The molecule has 1 N–H and O–H groups in total. The highest BCUT2D eigenvalue weighted by atomic mass is 28.3. The highest BCUT2D eigenvalue weighted by Gasteiger charge is 2.31. The number of fused-ring (bicyclic) bond motifs is 1. The minimum atomic E-state index is -4.38. The van der Waals surface area contributed by atoms with Gasteiger partial charge < -0.3 is 9.84 Å². The average Bonchev–Trinajstić information content (AvgIpc) is 2.69. The fraction of sp³-hybridized carbons (Fsp3) is 0.571. The monoisotopic (exact) mass is 347 g/mol. The molecule has 0 spiro atoms. The first-order chi connectivity index (χ1) is 10.6. The number of alkyl halides is 3. The van der Waals surface area contributed by atoms with Crippen LogP contribution in [0.25, 0.3) is 11.0 Å². The van der Waals surface area contributed by atoms with Gasteiger partial charge in [-0.25, -0.2) is 9.67 Å². The Morgan fingerprint density at radius 2 is 2.00 bits per heavy atom. The van der Waals surface area contributed by atoms with Crippen LogP contribution in [0.4, 0.5) is 13.2 Å². The molecule has 0 atom stereocenters. The van der Waals surface area contributed by atoms with Crippen molar-refractivity contribution in [2.45, 2.75) is 45.0 Å². The third-order valence-electron chi connectivity index (χ3n) is 3.23. The van der Waals surface area contributed by atoms with E-state index in [-0.39, 0.29) is 29.2 Å². The molecule has 0 saturated heterocycles. The van der Waals surface area contributed by atoms with Crippen molar-refractivity contribution in [1.29, 1.82) is 0 Å². The van der Waals surface area contributed by atoms with Crippen molar-refractivity contribution in [2.75, 3.05) is 6.61 Å². The van der Waals surface area contributed by atoms with Gasteiger partial charge in [0.2, 0.25) is 0 Å². The maximum atomic E-state index is 12.7. The van der Waals surface area contributed by atoms with Gasteiger partial charge in [0.1, 0.15) is 12.5 Å². The number of pyridine rings is 1. The molecule has 128 valence electrons. The van der Waals surface area contributed by atoms with Crippen LogP contribution in [-0.4, -0.2) is 40.7 Å². The van der Waals surface area contributed by atoms with E-state index in [4.69, 9.17) is 4.74 Å². The number of hydrogen-bond acceptors (Lipinski definition) is 4. The summed E-state index contributed by atoms with van der Waals surface area (Å²) in [5.74, 6) is -0.194. The second-order valence-electron chi connectivity index (χ2n) is 6.65. The zero-order chi connectivity index (χ0) is 17.3. The quantitative estimate of drug-likeness (QED) is 0.641. The Balaban J connectivity index is 2.19. The summed E-state index contributed by atoms with van der Waals surface area (Å²) in [5, 5.41) is 13.6. The van der Waals surface area contributed by atoms with Crippen LogP contribution < -0.4 is 0 Å². The maximum absolute atomic E-state index is 12.7. The fourth-order valence-electron chi connectivity index (χ4n) is 2.05. The molecule has 0 aliphatic carbocycles. The molecule has 0 aromatic carbocycles. The van der Waals surface area contributed by atoms with Crippen LogP contribution in [0.2, 0.25) is 25.7 Å². The van der Waals surface area contributed by atoms with Crippen LogP contribution >= 0.6 is 0 Å². The molecule has 0 unspecified atom stereocenters. The van der Waals surface area contributed by atoms with E-state index >= 15 is 0 Å². The van der Waals surface area contributed by atoms with Crippen molar-refractivity contribution in [3.05, 3.63) is 18.0 Å². The number of aromatic nitrogens is 3. The van der Waals surface area contributed by atoms with E-state index in [2.05, 4.69) is 29.7 Å². The van der Waals surface area contributed by atoms with Crippen molar-refractivity contribution < 1.29 is 23.0 Å². The van der Waals surface area contributed by atoms with Gasteiger partial charge in [0, 0.05) is 20.1 Å². The lowest BCUT2D eigenvalue weighted by molar-refractivity contribution is -0.127. The number of nitrogens with zero attached hydrogens (tertiary/aromatic N) is 3. The van der Waals surface area contributed by atoms with Crippen LogP contribution in [0.5, 0.6) is 5.75 Å². The number of ether oxygens (including phenoxy) is 1. The Kier molecular flexibility index (Phi) is 5.00. The Bertz CT molecular complexity index is 680. The van der Waals surface area contributed by atoms with Gasteiger partial charge in [-0.1, -0.05) is 19.6 Å². The zero-order valence-corrected chi connectivity index (χ0v) is 14.3. The summed E-state index contributed by atoms with van der Waals surface area (Å²) in [6.07, 6.45) is -4.37. The molecular formula is C14H20F3N3O2Si. The van der Waals surface area contributed by atoms with Crippen molar-refractivity contribution in [2.24, 2.45) is 0 Å². The average molecular weight is 347 g/mol. The summed E-state index contributed by atoms with van der Waals surface area (Å²) in [5.41, 5.74) is 0.111. The van der Waals surface area contributed by atoms with E-state index in [1.54, 1.807) is 0 Å². The van der Waals surface area contributed by atoms with Crippen LogP contribution in [-0.2, 0) is 17.9 Å². The van der Waals surface area contributed by atoms with Gasteiger partial charge >= 0.3 is 6.18 Å². The first-order valence-corrected chi connectivity index (χ1v) is 10.9. The SMILES string of the molecule is C[Si](C)(C)CCOCn1nc(CC(F)(F)F)c2cc(O)cnc21. The van der Waals surface area contributed by atoms with Gasteiger partial charge in [0.25, 0.3) is 0 Å². The molecule has 9 heteroatoms. The lowest BCUT2D eigenvalue weighted by Gasteiger charge is -2.15. The summed E-state index contributed by atoms with van der Waals surface area (Å²) in [7, 11) is -1.24. The van der Waals surface area contributed by atoms with Crippen molar-refractivity contribution in [3.8, 4) is 5.75 Å². The van der Waals surface area contributed by atoms with E-state index in [1.165, 1.54) is 16.9 Å². The van der Waals surface area contributed by atoms with Crippen molar-refractivity contribution in [3.63, 3.8) is 0 Å². The van der Waals surface area contributed by atoms with Crippen LogP contribution in [0, 0.1) is 0 Å². The topological polar surface area (TPSA) is 60.2 Å². The highest BCUT2D eigenvalue weighted by Crippen LogP contribution is 2.27. The van der Waals surface area contributed by atoms with Crippen LogP contribution in [0.3, 0.4) is 0 Å². The van der Waals surface area contributed by atoms with E-state index < -0.39 is 20.7 Å². The normalized spacial score (nSPS) is 13.0. The first-order valence-electron chi connectivity index (χ1n) is 7.24. The second-order valence-corrected chi connectivity index (χ2v) is 12.3. The standard InChI is InChI=1S/C14H20F3N3O2Si/c1-23(2,3)5-4-22-9-20-13-11(6-10(21)8-18-13)12(19-20)7-14(15,16)17/h6,8,21H,4-5,7,9H2,1-3H3. The molecule has 2 rings (SSSR count). The van der Waals surface area contributed by atoms with Gasteiger partial charge in [-0.2, -0.15) is 18.3 Å². The van der Waals surface area contributed by atoms with Gasteiger partial charge in [-0.05, 0) is 12.1 Å². The lowest BCUT2D eigenvalue weighted by Crippen LogP contribution is -2.22. The molecule has 0 aliphatic rings. The summed E-state index contributed by atoms with van der Waals surface area (Å²) in [6.45, 7) is 7.21. The molecule has 2 aromatic rings. The molecular weight excluding hydrogens is 327 g/mol. The predicted molar refractivity (Wildman–Crippen MR) is 83.1 cm³/mol. The maximum Gasteiger partial charge on any atom is 0.394 e. The minimum absolute atomic E-state index is 0.0383. The Morgan fingerprint density at radius 1 is 1.30 bits per heavy atom. The third-order valence-corrected chi connectivity index (χ3v) is 4.93. The van der Waals surface area contributed by atoms with Crippen LogP contribution in [0.15, 0.2) is 12.3 Å². The molecule has 23 heavy (non-hydrogen) atoms. The molecule has 0 aliphatic heterocycles. The largest absolute Gasteiger partial charge is 0.506 e. The summed E-state index contributed by atoms with van der Waals surface area (Å²) in [6, 6.07) is 2.20. The lowest BCUT2D eigenvalue weighted by atomic mass is 10.2. The molecule has 0 fully saturated rings. The molecule has 5 nitrogen and oxygen atoms in total. The first kappa shape index (κ1) is 17.7. The molecule has 0 amide bonds. The smallest absolute Gasteiger partial charge is 0.394 e. The molecule has 0 radical (unpaired) electrons. The van der Waals surface area contributed by atoms with Crippen LogP contribution in [0.1, 0.15) is 5.69 Å². The number of halogens is 3. The molecule has 0 bridgehead atoms. The van der Waals surface area contributed by atoms with Gasteiger partial charge in [0.05, 0.1) is 18.3 Å². The fourth-order valence-corrected chi connectivity index (χ4v) is 2.81. The Hall–Kier alpha value is -1.61. The zero-order valence-electron chi connectivity index (χ0n) is 13.3. The molecule has 2 heterocycles. The molecule has 2 aromatic heterocycles. The second kappa shape index (κ2) is 6.48. The summed E-state index contributed by atoms with van der Waals surface area (Å²) < 4.78 is 44.8. The van der Waals surface area contributed by atoms with Gasteiger partial charge in [0.15, 0.2) is 5.65 Å². The van der Waals surface area contributed by atoms with E-state index in [9.17, 15) is 18.3 Å². The number of rotatable bonds is 6. The Labute approximate surface area is 133 Å². The predicted octanol–water partition coefficient (Wildman–Crippen LogP) is 3.55. The van der Waals surface area contributed by atoms with Crippen molar-refractivity contribution >= 4 is 19.1 Å². The third kappa shape index (κ3) is 5.21. The van der Waals surface area contributed by atoms with E-state index in [0.717, 1.165) is 6.04 Å². The minimum Gasteiger partial charge on any atom is -0.506 e. The Morgan fingerprint density at radius 3 is 2.61 bits per heavy atom. The number of hydrogen-bond donors (Lipinski definition) is 1. The van der Waals surface area contributed by atoms with Gasteiger partial charge in [-0.3, -0.25) is 0 Å². The summed E-state index contributed by atoms with van der Waals surface area (Å²) in [4.78, 5) is 3.97. The van der Waals surface area contributed by atoms with Gasteiger partial charge in [-0.15, -0.1) is 0 Å².